The summed E-state index contributed by atoms with van der Waals surface area (Å²) >= 11 is 8.43. The fraction of sp³-hybridized carbons (Fsp3) is 0.105. The van der Waals surface area contributed by atoms with Gasteiger partial charge in [-0.1, -0.05) is 41.3 Å². The normalized spacial score (nSPS) is 11.0. The number of hydrogen-bond acceptors (Lipinski definition) is 7. The molecule has 0 saturated heterocycles. The van der Waals surface area contributed by atoms with E-state index in [-0.39, 0.29) is 5.63 Å². The molecule has 136 valence electrons. The van der Waals surface area contributed by atoms with E-state index in [0.717, 1.165) is 21.0 Å². The van der Waals surface area contributed by atoms with Crippen LogP contribution in [0, 0.1) is 3.95 Å². The Morgan fingerprint density at radius 2 is 2.04 bits per heavy atom. The van der Waals surface area contributed by atoms with E-state index in [9.17, 15) is 4.79 Å². The molecule has 0 spiro atoms. The highest BCUT2D eigenvalue weighted by Crippen LogP contribution is 2.30. The Morgan fingerprint density at radius 3 is 2.81 bits per heavy atom. The number of nitrogens with zero attached hydrogens (tertiary/aromatic N) is 2. The summed E-state index contributed by atoms with van der Waals surface area (Å²) in [6, 6.07) is 16.8. The molecule has 0 atom stereocenters. The monoisotopic (exact) mass is 414 g/mol. The van der Waals surface area contributed by atoms with Crippen LogP contribution in [0.3, 0.4) is 0 Å². The Morgan fingerprint density at radius 1 is 1.22 bits per heavy atom. The highest BCUT2D eigenvalue weighted by atomic mass is 32.2. The maximum absolute atomic E-state index is 11.9. The zero-order chi connectivity index (χ0) is 18.8. The van der Waals surface area contributed by atoms with Gasteiger partial charge in [0.1, 0.15) is 11.3 Å². The van der Waals surface area contributed by atoms with Gasteiger partial charge in [0.05, 0.1) is 12.8 Å². The summed E-state index contributed by atoms with van der Waals surface area (Å²) < 4.78 is 13.8. The van der Waals surface area contributed by atoms with Crippen molar-refractivity contribution in [2.24, 2.45) is 0 Å². The van der Waals surface area contributed by atoms with Gasteiger partial charge < -0.3 is 9.15 Å². The Balaban J connectivity index is 1.63. The van der Waals surface area contributed by atoms with Crippen molar-refractivity contribution in [2.45, 2.75) is 10.1 Å². The van der Waals surface area contributed by atoms with E-state index in [1.165, 1.54) is 17.4 Å². The molecule has 0 amide bonds. The second-order valence-corrected chi connectivity index (χ2v) is 8.47. The van der Waals surface area contributed by atoms with Crippen molar-refractivity contribution >= 4 is 46.3 Å². The fourth-order valence-corrected chi connectivity index (χ4v) is 5.00. The largest absolute Gasteiger partial charge is 0.497 e. The van der Waals surface area contributed by atoms with Gasteiger partial charge in [0.25, 0.3) is 0 Å². The van der Waals surface area contributed by atoms with Gasteiger partial charge in [0, 0.05) is 23.3 Å². The van der Waals surface area contributed by atoms with E-state index in [1.54, 1.807) is 29.6 Å². The van der Waals surface area contributed by atoms with Gasteiger partial charge in [0.2, 0.25) is 0 Å². The fourth-order valence-electron chi connectivity index (χ4n) is 2.65. The Labute approximate surface area is 168 Å². The predicted molar refractivity (Wildman–Crippen MR) is 111 cm³/mol. The Kier molecular flexibility index (Phi) is 5.11. The first-order chi connectivity index (χ1) is 13.1. The van der Waals surface area contributed by atoms with E-state index in [2.05, 4.69) is 5.10 Å². The lowest BCUT2D eigenvalue weighted by Crippen LogP contribution is -2.00. The first-order valence-corrected chi connectivity index (χ1v) is 10.2. The SMILES string of the molecule is COc1ccc2c(CSc3nn(-c4ccccc4)c(=S)s3)cc(=O)oc2c1. The van der Waals surface area contributed by atoms with Crippen LogP contribution in [0.15, 0.2) is 68.1 Å². The van der Waals surface area contributed by atoms with Gasteiger partial charge in [-0.2, -0.15) is 0 Å². The molecule has 2 aromatic heterocycles. The van der Waals surface area contributed by atoms with Gasteiger partial charge in [-0.3, -0.25) is 0 Å². The number of hydrogen-bond donors (Lipinski definition) is 0. The van der Waals surface area contributed by atoms with Crippen LogP contribution in [-0.2, 0) is 5.75 Å². The van der Waals surface area contributed by atoms with Gasteiger partial charge in [-0.25, -0.2) is 9.48 Å². The molecule has 0 bridgehead atoms. The molecule has 0 saturated carbocycles. The molecule has 2 heterocycles. The van der Waals surface area contributed by atoms with Crippen molar-refractivity contribution < 1.29 is 9.15 Å². The third kappa shape index (κ3) is 3.83. The summed E-state index contributed by atoms with van der Waals surface area (Å²) in [6.45, 7) is 0. The number of benzene rings is 2. The molecule has 0 aliphatic heterocycles. The standard InChI is InChI=1S/C19H14N2O3S3/c1-23-14-7-8-15-12(9-17(22)24-16(15)10-14)11-26-18-20-21(19(25)27-18)13-5-3-2-4-6-13/h2-10H,11H2,1H3. The van der Waals surface area contributed by atoms with Crippen LogP contribution in [0.2, 0.25) is 0 Å². The van der Waals surface area contributed by atoms with Crippen LogP contribution in [-0.4, -0.2) is 16.9 Å². The molecule has 0 radical (unpaired) electrons. The van der Waals surface area contributed by atoms with Crippen LogP contribution in [0.5, 0.6) is 5.75 Å². The quantitative estimate of drug-likeness (QED) is 0.258. The number of para-hydroxylation sites is 1. The topological polar surface area (TPSA) is 57.3 Å². The van der Waals surface area contributed by atoms with Crippen molar-refractivity contribution in [3.63, 3.8) is 0 Å². The number of fused-ring (bicyclic) bond motifs is 1. The molecule has 0 aliphatic rings. The summed E-state index contributed by atoms with van der Waals surface area (Å²) in [7, 11) is 1.58. The average molecular weight is 415 g/mol. The lowest BCUT2D eigenvalue weighted by atomic mass is 10.1. The lowest BCUT2D eigenvalue weighted by Gasteiger charge is -2.06. The molecule has 4 rings (SSSR count). The first-order valence-electron chi connectivity index (χ1n) is 8.03. The number of methoxy groups -OCH3 is 1. The molecule has 0 N–H and O–H groups in total. The van der Waals surface area contributed by atoms with Crippen LogP contribution >= 0.6 is 35.3 Å². The van der Waals surface area contributed by atoms with Crippen molar-refractivity contribution in [2.75, 3.05) is 7.11 Å². The summed E-state index contributed by atoms with van der Waals surface area (Å²) in [6.07, 6.45) is 0. The Hall–Kier alpha value is -2.42. The van der Waals surface area contributed by atoms with Crippen LogP contribution in [0.1, 0.15) is 5.56 Å². The first kappa shape index (κ1) is 18.0. The van der Waals surface area contributed by atoms with Crippen LogP contribution in [0.25, 0.3) is 16.7 Å². The molecular weight excluding hydrogens is 400 g/mol. The van der Waals surface area contributed by atoms with Crippen molar-refractivity contribution in [3.8, 4) is 11.4 Å². The molecule has 2 aromatic carbocycles. The van der Waals surface area contributed by atoms with Crippen molar-refractivity contribution in [1.82, 2.24) is 9.78 Å². The van der Waals surface area contributed by atoms with E-state index in [0.29, 0.717) is 21.0 Å². The lowest BCUT2D eigenvalue weighted by molar-refractivity contribution is 0.414. The van der Waals surface area contributed by atoms with Gasteiger partial charge in [-0.05, 0) is 42.0 Å². The molecule has 4 aromatic rings. The molecule has 8 heteroatoms. The molecule has 0 aliphatic carbocycles. The van der Waals surface area contributed by atoms with Gasteiger partial charge >= 0.3 is 5.63 Å². The number of rotatable bonds is 5. The maximum atomic E-state index is 11.9. The average Bonchev–Trinajstić information content (AvgIpc) is 3.06. The van der Waals surface area contributed by atoms with E-state index in [4.69, 9.17) is 21.4 Å². The van der Waals surface area contributed by atoms with Crippen LogP contribution in [0.4, 0.5) is 0 Å². The minimum absolute atomic E-state index is 0.381. The molecule has 5 nitrogen and oxygen atoms in total. The van der Waals surface area contributed by atoms with Crippen molar-refractivity contribution in [3.05, 3.63) is 74.5 Å². The summed E-state index contributed by atoms with van der Waals surface area (Å²) in [4.78, 5) is 11.9. The molecule has 0 unspecified atom stereocenters. The maximum Gasteiger partial charge on any atom is 0.336 e. The van der Waals surface area contributed by atoms with E-state index in [1.807, 2.05) is 42.5 Å². The third-order valence-electron chi connectivity index (χ3n) is 3.92. The Bertz CT molecular complexity index is 1210. The number of ether oxygens (including phenoxy) is 1. The smallest absolute Gasteiger partial charge is 0.336 e. The summed E-state index contributed by atoms with van der Waals surface area (Å²) in [5, 5.41) is 5.48. The van der Waals surface area contributed by atoms with Gasteiger partial charge in [-0.15, -0.1) is 5.10 Å². The predicted octanol–water partition coefficient (Wildman–Crippen LogP) is 5.07. The third-order valence-corrected chi connectivity index (χ3v) is 6.33. The van der Waals surface area contributed by atoms with E-state index < -0.39 is 0 Å². The van der Waals surface area contributed by atoms with E-state index >= 15 is 0 Å². The summed E-state index contributed by atoms with van der Waals surface area (Å²) in [5.41, 5.74) is 1.96. The minimum atomic E-state index is -0.381. The number of aromatic nitrogens is 2. The minimum Gasteiger partial charge on any atom is -0.497 e. The highest BCUT2D eigenvalue weighted by molar-refractivity contribution is 8.00. The van der Waals surface area contributed by atoms with Gasteiger partial charge in [0.15, 0.2) is 8.29 Å². The summed E-state index contributed by atoms with van der Waals surface area (Å²) in [5.74, 6) is 1.24. The second kappa shape index (κ2) is 7.67. The zero-order valence-electron chi connectivity index (χ0n) is 14.2. The van der Waals surface area contributed by atoms with Crippen LogP contribution < -0.4 is 10.4 Å². The molecular formula is C19H14N2O3S3. The second-order valence-electron chi connectivity index (χ2n) is 5.62. The zero-order valence-corrected chi connectivity index (χ0v) is 16.7. The molecule has 27 heavy (non-hydrogen) atoms. The highest BCUT2D eigenvalue weighted by Gasteiger charge is 2.10. The van der Waals surface area contributed by atoms with Crippen molar-refractivity contribution in [1.29, 1.82) is 0 Å². The molecule has 0 fully saturated rings. The number of thioether (sulfide) groups is 1.